The molecular weight excluding hydrogens is 390 g/mol. The molecule has 3 rings (SSSR count). The molecule has 0 fully saturated rings. The Morgan fingerprint density at radius 1 is 0.923 bits per heavy atom. The summed E-state index contributed by atoms with van der Waals surface area (Å²) in [6.45, 7) is 3.30. The van der Waals surface area contributed by atoms with Gasteiger partial charge in [-0.05, 0) is 57.7 Å². The summed E-state index contributed by atoms with van der Waals surface area (Å²) in [5, 5.41) is 3.47. The third-order valence-electron chi connectivity index (χ3n) is 4.14. The third-order valence-corrected chi connectivity index (χ3v) is 4.73. The summed E-state index contributed by atoms with van der Waals surface area (Å²) in [6, 6.07) is 22.4. The Morgan fingerprint density at radius 3 is 2.38 bits per heavy atom. The van der Waals surface area contributed by atoms with Crippen LogP contribution in [-0.2, 0) is 13.2 Å². The molecule has 134 valence electrons. The molecule has 3 aromatic carbocycles. The van der Waals surface area contributed by atoms with Gasteiger partial charge in [0.05, 0.1) is 11.6 Å². The summed E-state index contributed by atoms with van der Waals surface area (Å²) in [7, 11) is 1.66. The van der Waals surface area contributed by atoms with E-state index in [1.807, 2.05) is 48.5 Å². The molecule has 0 aromatic heterocycles. The molecule has 0 atom stereocenters. The standard InChI is InChI=1S/C22H22BrNO2/c1-16-8-6-7-11-20(16)24-14-18-12-19(23)22(21(13-18)25-2)26-15-17-9-4-3-5-10-17/h3-13,24H,14-15H2,1-2H3. The monoisotopic (exact) mass is 411 g/mol. The van der Waals surface area contributed by atoms with Gasteiger partial charge in [0.15, 0.2) is 11.5 Å². The number of nitrogens with one attached hydrogen (secondary N) is 1. The van der Waals surface area contributed by atoms with Gasteiger partial charge >= 0.3 is 0 Å². The fraction of sp³-hybridized carbons (Fsp3) is 0.182. The molecule has 1 N–H and O–H groups in total. The van der Waals surface area contributed by atoms with E-state index in [0.29, 0.717) is 13.2 Å². The largest absolute Gasteiger partial charge is 0.493 e. The molecule has 3 nitrogen and oxygen atoms in total. The fourth-order valence-corrected chi connectivity index (χ4v) is 3.32. The zero-order chi connectivity index (χ0) is 18.4. The first-order valence-corrected chi connectivity index (χ1v) is 9.29. The SMILES string of the molecule is COc1cc(CNc2ccccc2C)cc(Br)c1OCc1ccccc1. The number of halogens is 1. The number of hydrogen-bond donors (Lipinski definition) is 1. The highest BCUT2D eigenvalue weighted by Gasteiger charge is 2.12. The topological polar surface area (TPSA) is 30.5 Å². The van der Waals surface area contributed by atoms with E-state index in [0.717, 1.165) is 32.8 Å². The van der Waals surface area contributed by atoms with Crippen LogP contribution in [0.5, 0.6) is 11.5 Å². The Kier molecular flexibility index (Phi) is 6.18. The quantitative estimate of drug-likeness (QED) is 0.520. The van der Waals surface area contributed by atoms with Crippen LogP contribution in [0.15, 0.2) is 71.2 Å². The van der Waals surface area contributed by atoms with Gasteiger partial charge in [0.2, 0.25) is 0 Å². The smallest absolute Gasteiger partial charge is 0.175 e. The van der Waals surface area contributed by atoms with Gasteiger partial charge in [-0.15, -0.1) is 0 Å². The van der Waals surface area contributed by atoms with Crippen molar-refractivity contribution < 1.29 is 9.47 Å². The predicted molar refractivity (Wildman–Crippen MR) is 110 cm³/mol. The zero-order valence-corrected chi connectivity index (χ0v) is 16.5. The molecule has 0 spiro atoms. The summed E-state index contributed by atoms with van der Waals surface area (Å²) in [5.41, 5.74) is 4.59. The Hall–Kier alpha value is -2.46. The second kappa shape index (κ2) is 8.77. The van der Waals surface area contributed by atoms with Gasteiger partial charge < -0.3 is 14.8 Å². The van der Waals surface area contributed by atoms with Gasteiger partial charge in [0.1, 0.15) is 6.61 Å². The predicted octanol–water partition coefficient (Wildman–Crippen LogP) is 5.96. The first-order valence-electron chi connectivity index (χ1n) is 8.50. The molecule has 0 unspecified atom stereocenters. The average molecular weight is 412 g/mol. The average Bonchev–Trinajstić information content (AvgIpc) is 2.67. The Balaban J connectivity index is 1.73. The Labute approximate surface area is 163 Å². The normalized spacial score (nSPS) is 10.4. The van der Waals surface area contributed by atoms with E-state index in [2.05, 4.69) is 46.4 Å². The summed E-state index contributed by atoms with van der Waals surface area (Å²) < 4.78 is 12.4. The van der Waals surface area contributed by atoms with Crippen LogP contribution in [-0.4, -0.2) is 7.11 Å². The van der Waals surface area contributed by atoms with E-state index < -0.39 is 0 Å². The molecule has 0 amide bonds. The first-order chi connectivity index (χ1) is 12.7. The minimum Gasteiger partial charge on any atom is -0.493 e. The van der Waals surface area contributed by atoms with Crippen LogP contribution in [0, 0.1) is 6.92 Å². The Bertz CT molecular complexity index is 865. The number of rotatable bonds is 7. The third kappa shape index (κ3) is 4.58. The van der Waals surface area contributed by atoms with E-state index in [9.17, 15) is 0 Å². The number of methoxy groups -OCH3 is 1. The van der Waals surface area contributed by atoms with Crippen LogP contribution >= 0.6 is 15.9 Å². The first kappa shape index (κ1) is 18.3. The Morgan fingerprint density at radius 2 is 1.65 bits per heavy atom. The van der Waals surface area contributed by atoms with Crippen molar-refractivity contribution in [1.82, 2.24) is 0 Å². The van der Waals surface area contributed by atoms with Crippen LogP contribution in [0.1, 0.15) is 16.7 Å². The lowest BCUT2D eigenvalue weighted by molar-refractivity contribution is 0.282. The molecule has 0 heterocycles. The molecule has 0 bridgehead atoms. The highest BCUT2D eigenvalue weighted by Crippen LogP contribution is 2.37. The van der Waals surface area contributed by atoms with Gasteiger partial charge in [-0.2, -0.15) is 0 Å². The molecule has 4 heteroatoms. The second-order valence-corrected chi connectivity index (χ2v) is 6.91. The van der Waals surface area contributed by atoms with Crippen molar-refractivity contribution >= 4 is 21.6 Å². The molecule has 0 radical (unpaired) electrons. The van der Waals surface area contributed by atoms with Gasteiger partial charge in [-0.25, -0.2) is 0 Å². The molecule has 0 aliphatic rings. The number of para-hydroxylation sites is 1. The minimum atomic E-state index is 0.497. The van der Waals surface area contributed by atoms with Crippen LogP contribution in [0.4, 0.5) is 5.69 Å². The molecular formula is C22H22BrNO2. The van der Waals surface area contributed by atoms with Gasteiger partial charge in [-0.3, -0.25) is 0 Å². The zero-order valence-electron chi connectivity index (χ0n) is 15.0. The van der Waals surface area contributed by atoms with Crippen molar-refractivity contribution in [2.45, 2.75) is 20.1 Å². The van der Waals surface area contributed by atoms with Crippen molar-refractivity contribution in [2.75, 3.05) is 12.4 Å². The summed E-state index contributed by atoms with van der Waals surface area (Å²) in [4.78, 5) is 0. The van der Waals surface area contributed by atoms with Crippen molar-refractivity contribution in [1.29, 1.82) is 0 Å². The lowest BCUT2D eigenvalue weighted by Crippen LogP contribution is -2.03. The number of benzene rings is 3. The number of anilines is 1. The van der Waals surface area contributed by atoms with Gasteiger partial charge in [0.25, 0.3) is 0 Å². The van der Waals surface area contributed by atoms with E-state index in [4.69, 9.17) is 9.47 Å². The molecule has 0 saturated carbocycles. The highest BCUT2D eigenvalue weighted by molar-refractivity contribution is 9.10. The summed E-state index contributed by atoms with van der Waals surface area (Å²) in [6.07, 6.45) is 0. The van der Waals surface area contributed by atoms with E-state index in [-0.39, 0.29) is 0 Å². The second-order valence-electron chi connectivity index (χ2n) is 6.05. The molecule has 26 heavy (non-hydrogen) atoms. The highest BCUT2D eigenvalue weighted by atomic mass is 79.9. The van der Waals surface area contributed by atoms with E-state index in [1.165, 1.54) is 5.56 Å². The molecule has 0 aliphatic heterocycles. The van der Waals surface area contributed by atoms with Crippen LogP contribution in [0.2, 0.25) is 0 Å². The molecule has 0 saturated heterocycles. The summed E-state index contributed by atoms with van der Waals surface area (Å²) >= 11 is 3.62. The lowest BCUT2D eigenvalue weighted by atomic mass is 10.1. The maximum Gasteiger partial charge on any atom is 0.175 e. The van der Waals surface area contributed by atoms with Crippen molar-refractivity contribution in [2.24, 2.45) is 0 Å². The molecule has 0 aliphatic carbocycles. The van der Waals surface area contributed by atoms with Crippen molar-refractivity contribution in [3.8, 4) is 11.5 Å². The fourth-order valence-electron chi connectivity index (χ4n) is 2.71. The van der Waals surface area contributed by atoms with Crippen LogP contribution in [0.25, 0.3) is 0 Å². The molecule has 3 aromatic rings. The maximum absolute atomic E-state index is 5.99. The maximum atomic E-state index is 5.99. The van der Waals surface area contributed by atoms with Crippen LogP contribution in [0.3, 0.4) is 0 Å². The van der Waals surface area contributed by atoms with Gasteiger partial charge in [0, 0.05) is 12.2 Å². The van der Waals surface area contributed by atoms with E-state index in [1.54, 1.807) is 7.11 Å². The minimum absolute atomic E-state index is 0.497. The number of aryl methyl sites for hydroxylation is 1. The van der Waals surface area contributed by atoms with Crippen molar-refractivity contribution in [3.05, 3.63) is 87.9 Å². The number of hydrogen-bond acceptors (Lipinski definition) is 3. The van der Waals surface area contributed by atoms with Gasteiger partial charge in [-0.1, -0.05) is 48.5 Å². The number of ether oxygens (including phenoxy) is 2. The van der Waals surface area contributed by atoms with Crippen molar-refractivity contribution in [3.63, 3.8) is 0 Å². The van der Waals surface area contributed by atoms with Crippen LogP contribution < -0.4 is 14.8 Å². The van der Waals surface area contributed by atoms with E-state index >= 15 is 0 Å². The summed E-state index contributed by atoms with van der Waals surface area (Å²) in [5.74, 6) is 1.44. The lowest BCUT2D eigenvalue weighted by Gasteiger charge is -2.15.